The number of rotatable bonds is 4. The van der Waals surface area contributed by atoms with Gasteiger partial charge in [-0.2, -0.15) is 0 Å². The van der Waals surface area contributed by atoms with E-state index in [2.05, 4.69) is 20.9 Å². The monoisotopic (exact) mass is 381 g/mol. The molecule has 0 saturated heterocycles. The third kappa shape index (κ3) is 3.56. The van der Waals surface area contributed by atoms with Gasteiger partial charge in [-0.05, 0) is 30.3 Å². The van der Waals surface area contributed by atoms with Crippen molar-refractivity contribution in [1.82, 2.24) is 4.98 Å². The van der Waals surface area contributed by atoms with E-state index < -0.39 is 11.6 Å². The molecule has 1 aromatic heterocycles. The van der Waals surface area contributed by atoms with Crippen LogP contribution in [0, 0.1) is 11.6 Å². The summed E-state index contributed by atoms with van der Waals surface area (Å²) in [5.41, 5.74) is 1.19. The SMILES string of the molecule is Fc1ccc(F)c(CSc2ncc(-c3ccc(Br)cc3)o2)c1. The van der Waals surface area contributed by atoms with E-state index in [1.54, 1.807) is 6.20 Å². The Balaban J connectivity index is 1.72. The van der Waals surface area contributed by atoms with Crippen LogP contribution in [-0.4, -0.2) is 4.98 Å². The van der Waals surface area contributed by atoms with Crippen LogP contribution in [0.25, 0.3) is 11.3 Å². The van der Waals surface area contributed by atoms with Crippen LogP contribution in [0.3, 0.4) is 0 Å². The fourth-order valence-corrected chi connectivity index (χ4v) is 2.91. The Morgan fingerprint density at radius 1 is 1.09 bits per heavy atom. The molecule has 0 radical (unpaired) electrons. The first-order valence-electron chi connectivity index (χ1n) is 6.40. The van der Waals surface area contributed by atoms with Gasteiger partial charge in [0.15, 0.2) is 5.76 Å². The van der Waals surface area contributed by atoms with Crippen molar-refractivity contribution in [3.63, 3.8) is 0 Å². The Kier molecular flexibility index (Phi) is 4.59. The first-order valence-corrected chi connectivity index (χ1v) is 8.18. The van der Waals surface area contributed by atoms with Gasteiger partial charge in [-0.3, -0.25) is 0 Å². The van der Waals surface area contributed by atoms with Crippen LogP contribution in [0.4, 0.5) is 8.78 Å². The lowest BCUT2D eigenvalue weighted by atomic mass is 10.2. The number of thioether (sulfide) groups is 1. The molecule has 6 heteroatoms. The van der Waals surface area contributed by atoms with E-state index in [0.717, 1.165) is 22.2 Å². The van der Waals surface area contributed by atoms with Crippen LogP contribution in [-0.2, 0) is 5.75 Å². The van der Waals surface area contributed by atoms with Crippen molar-refractivity contribution in [3.8, 4) is 11.3 Å². The van der Waals surface area contributed by atoms with Gasteiger partial charge in [0.1, 0.15) is 11.6 Å². The predicted octanol–water partition coefficient (Wildman–Crippen LogP) is 5.67. The van der Waals surface area contributed by atoms with Gasteiger partial charge in [0.05, 0.1) is 6.20 Å². The molecule has 0 unspecified atom stereocenters. The lowest BCUT2D eigenvalue weighted by molar-refractivity contribution is 0.466. The molecule has 2 aromatic carbocycles. The van der Waals surface area contributed by atoms with Crippen molar-refractivity contribution in [1.29, 1.82) is 0 Å². The standard InChI is InChI=1S/C16H10BrF2NOS/c17-12-3-1-10(2-4-12)15-8-20-16(21-15)22-9-11-7-13(18)5-6-14(11)19/h1-8H,9H2. The van der Waals surface area contributed by atoms with Crippen molar-refractivity contribution < 1.29 is 13.2 Å². The fourth-order valence-electron chi connectivity index (χ4n) is 1.87. The molecule has 0 fully saturated rings. The van der Waals surface area contributed by atoms with Gasteiger partial charge in [-0.15, -0.1) is 0 Å². The Hall–Kier alpha value is -1.66. The third-order valence-corrected chi connectivity index (χ3v) is 4.39. The molecule has 0 saturated carbocycles. The Labute approximate surface area is 138 Å². The van der Waals surface area contributed by atoms with Gasteiger partial charge < -0.3 is 4.42 Å². The third-order valence-electron chi connectivity index (χ3n) is 2.97. The first-order chi connectivity index (χ1) is 10.6. The van der Waals surface area contributed by atoms with Crippen molar-refractivity contribution in [2.45, 2.75) is 11.0 Å². The summed E-state index contributed by atoms with van der Waals surface area (Å²) in [6.45, 7) is 0. The van der Waals surface area contributed by atoms with Crippen LogP contribution in [0.5, 0.6) is 0 Å². The Morgan fingerprint density at radius 3 is 2.64 bits per heavy atom. The van der Waals surface area contributed by atoms with E-state index in [9.17, 15) is 8.78 Å². The Morgan fingerprint density at radius 2 is 1.86 bits per heavy atom. The average molecular weight is 382 g/mol. The molecule has 0 N–H and O–H groups in total. The summed E-state index contributed by atoms with van der Waals surface area (Å²) in [4.78, 5) is 4.15. The van der Waals surface area contributed by atoms with Gasteiger partial charge in [0, 0.05) is 21.4 Å². The summed E-state index contributed by atoms with van der Waals surface area (Å²) in [7, 11) is 0. The summed E-state index contributed by atoms with van der Waals surface area (Å²) in [6.07, 6.45) is 1.62. The van der Waals surface area contributed by atoms with E-state index in [-0.39, 0.29) is 11.3 Å². The minimum Gasteiger partial charge on any atom is -0.431 e. The maximum Gasteiger partial charge on any atom is 0.256 e. The quantitative estimate of drug-likeness (QED) is 0.544. The largest absolute Gasteiger partial charge is 0.431 e. The van der Waals surface area contributed by atoms with Crippen molar-refractivity contribution in [2.75, 3.05) is 0 Å². The van der Waals surface area contributed by atoms with Crippen LogP contribution in [0.1, 0.15) is 5.56 Å². The number of hydrogen-bond donors (Lipinski definition) is 0. The lowest BCUT2D eigenvalue weighted by Crippen LogP contribution is -1.89. The zero-order chi connectivity index (χ0) is 15.5. The highest BCUT2D eigenvalue weighted by molar-refractivity contribution is 9.10. The lowest BCUT2D eigenvalue weighted by Gasteiger charge is -2.01. The second kappa shape index (κ2) is 6.62. The number of oxazole rings is 1. The smallest absolute Gasteiger partial charge is 0.256 e. The molecule has 22 heavy (non-hydrogen) atoms. The molecular weight excluding hydrogens is 372 g/mol. The zero-order valence-corrected chi connectivity index (χ0v) is 13.6. The number of nitrogens with zero attached hydrogens (tertiary/aromatic N) is 1. The highest BCUT2D eigenvalue weighted by Gasteiger charge is 2.10. The number of hydrogen-bond acceptors (Lipinski definition) is 3. The normalized spacial score (nSPS) is 10.9. The predicted molar refractivity (Wildman–Crippen MR) is 85.6 cm³/mol. The van der Waals surface area contributed by atoms with Gasteiger partial charge in [-0.1, -0.05) is 39.8 Å². The summed E-state index contributed by atoms with van der Waals surface area (Å²) >= 11 is 4.59. The number of aromatic nitrogens is 1. The minimum atomic E-state index is -0.458. The van der Waals surface area contributed by atoms with E-state index in [4.69, 9.17) is 4.42 Å². The first kappa shape index (κ1) is 15.2. The Bertz CT molecular complexity index is 789. The maximum absolute atomic E-state index is 13.5. The molecule has 0 aliphatic carbocycles. The molecule has 3 aromatic rings. The van der Waals surface area contributed by atoms with Crippen LogP contribution < -0.4 is 0 Å². The molecule has 3 rings (SSSR count). The molecule has 0 amide bonds. The summed E-state index contributed by atoms with van der Waals surface area (Å²) in [5.74, 6) is -0.00702. The average Bonchev–Trinajstić information content (AvgIpc) is 2.98. The van der Waals surface area contributed by atoms with Gasteiger partial charge in [-0.25, -0.2) is 13.8 Å². The highest BCUT2D eigenvalue weighted by Crippen LogP contribution is 2.29. The summed E-state index contributed by atoms with van der Waals surface area (Å²) in [6, 6.07) is 11.0. The topological polar surface area (TPSA) is 26.0 Å². The zero-order valence-electron chi connectivity index (χ0n) is 11.2. The molecule has 2 nitrogen and oxygen atoms in total. The molecule has 0 atom stereocenters. The second-order valence-corrected chi connectivity index (χ2v) is 6.36. The minimum absolute atomic E-state index is 0.254. The molecule has 0 aliphatic rings. The molecule has 1 heterocycles. The molecule has 0 aliphatic heterocycles. The van der Waals surface area contributed by atoms with Crippen molar-refractivity contribution in [2.24, 2.45) is 0 Å². The highest BCUT2D eigenvalue weighted by atomic mass is 79.9. The number of halogens is 3. The van der Waals surface area contributed by atoms with Gasteiger partial charge in [0.25, 0.3) is 5.22 Å². The van der Waals surface area contributed by atoms with E-state index in [1.165, 1.54) is 17.8 Å². The van der Waals surface area contributed by atoms with Crippen LogP contribution in [0.15, 0.2) is 62.8 Å². The molecule has 112 valence electrons. The van der Waals surface area contributed by atoms with Crippen molar-refractivity contribution >= 4 is 27.7 Å². The van der Waals surface area contributed by atoms with Gasteiger partial charge in [0.2, 0.25) is 0 Å². The fraction of sp³-hybridized carbons (Fsp3) is 0.0625. The molecular formula is C16H10BrF2NOS. The van der Waals surface area contributed by atoms with Crippen LogP contribution in [0.2, 0.25) is 0 Å². The summed E-state index contributed by atoms with van der Waals surface area (Å²) < 4.78 is 33.3. The van der Waals surface area contributed by atoms with E-state index >= 15 is 0 Å². The van der Waals surface area contributed by atoms with E-state index in [0.29, 0.717) is 11.0 Å². The number of benzene rings is 2. The van der Waals surface area contributed by atoms with Crippen LogP contribution >= 0.6 is 27.7 Å². The van der Waals surface area contributed by atoms with E-state index in [1.807, 2.05) is 24.3 Å². The second-order valence-electron chi connectivity index (χ2n) is 4.52. The maximum atomic E-state index is 13.5. The summed E-state index contributed by atoms with van der Waals surface area (Å²) in [5, 5.41) is 0.418. The molecule has 0 bridgehead atoms. The van der Waals surface area contributed by atoms with Gasteiger partial charge >= 0.3 is 0 Å². The van der Waals surface area contributed by atoms with Crippen molar-refractivity contribution in [3.05, 3.63) is 70.3 Å². The molecule has 0 spiro atoms.